The number of para-hydroxylation sites is 1. The molecule has 5 aromatic rings. The molecule has 0 saturated heterocycles. The number of nitrogens with zero attached hydrogens (tertiary/aromatic N) is 4. The summed E-state index contributed by atoms with van der Waals surface area (Å²) in [6, 6.07) is 14.6. The monoisotopic (exact) mass is 434 g/mol. The van der Waals surface area contributed by atoms with Crippen LogP contribution in [0.2, 0.25) is 0 Å². The molecular formula is C27H26N6. The third-order valence-electron chi connectivity index (χ3n) is 6.34. The zero-order chi connectivity index (χ0) is 22.8. The Labute approximate surface area is 192 Å². The average Bonchev–Trinajstić information content (AvgIpc) is 3.48. The molecule has 0 fully saturated rings. The van der Waals surface area contributed by atoms with Gasteiger partial charge in [0.1, 0.15) is 6.07 Å². The summed E-state index contributed by atoms with van der Waals surface area (Å²) in [5.74, 6) is 0.387. The lowest BCUT2D eigenvalue weighted by molar-refractivity contribution is 0.701. The second-order valence-electron chi connectivity index (χ2n) is 8.44. The molecule has 5 rings (SSSR count). The van der Waals surface area contributed by atoms with Crippen molar-refractivity contribution < 1.29 is 0 Å². The topological polar surface area (TPSA) is 81.8 Å². The molecule has 6 heteroatoms. The van der Waals surface area contributed by atoms with Crippen molar-refractivity contribution in [2.75, 3.05) is 11.9 Å². The van der Waals surface area contributed by atoms with E-state index in [1.54, 1.807) is 12.4 Å². The van der Waals surface area contributed by atoms with E-state index in [1.807, 2.05) is 18.3 Å². The Morgan fingerprint density at radius 1 is 1.15 bits per heavy atom. The van der Waals surface area contributed by atoms with Crippen molar-refractivity contribution in [2.45, 2.75) is 32.6 Å². The van der Waals surface area contributed by atoms with Crippen molar-refractivity contribution in [1.29, 1.82) is 5.26 Å². The number of aromatic nitrogens is 4. The summed E-state index contributed by atoms with van der Waals surface area (Å²) < 4.78 is 2.18. The number of aromatic amines is 1. The first-order valence-electron chi connectivity index (χ1n) is 11.3. The van der Waals surface area contributed by atoms with Gasteiger partial charge in [-0.3, -0.25) is 4.98 Å². The van der Waals surface area contributed by atoms with Crippen LogP contribution in [0.25, 0.3) is 27.7 Å². The van der Waals surface area contributed by atoms with Crippen LogP contribution in [0.1, 0.15) is 43.0 Å². The molecule has 164 valence electrons. The molecule has 4 heterocycles. The number of nitriles is 1. The Bertz CT molecular complexity index is 1470. The van der Waals surface area contributed by atoms with E-state index in [2.05, 4.69) is 76.3 Å². The zero-order valence-electron chi connectivity index (χ0n) is 18.8. The third-order valence-corrected chi connectivity index (χ3v) is 6.34. The van der Waals surface area contributed by atoms with Gasteiger partial charge in [0.15, 0.2) is 5.65 Å². The standard InChI is InChI=1S/C27H26N6/c1-3-18(2)26-16-32-27-25(30-9-8-20-15-31-24-7-5-4-6-23(20)24)11-22(17-33(26)27)21-10-19(12-28)13-29-14-21/h4-7,10-11,13-18,30-31H,3,8-9H2,1-2H3. The van der Waals surface area contributed by atoms with Gasteiger partial charge in [-0.2, -0.15) is 5.26 Å². The Morgan fingerprint density at radius 3 is 2.88 bits per heavy atom. The van der Waals surface area contributed by atoms with Crippen LogP contribution >= 0.6 is 0 Å². The van der Waals surface area contributed by atoms with Crippen molar-refractivity contribution >= 4 is 22.2 Å². The van der Waals surface area contributed by atoms with Gasteiger partial charge >= 0.3 is 0 Å². The SMILES string of the molecule is CCC(C)c1cnc2c(NCCc3c[nH]c4ccccc34)cc(-c3cncc(C#N)c3)cn12. The lowest BCUT2D eigenvalue weighted by atomic mass is 10.0. The Morgan fingerprint density at radius 2 is 2.03 bits per heavy atom. The van der Waals surface area contributed by atoms with Crippen molar-refractivity contribution in [2.24, 2.45) is 0 Å². The van der Waals surface area contributed by atoms with Crippen LogP contribution in [0.4, 0.5) is 5.69 Å². The number of H-pyrrole nitrogens is 1. The fourth-order valence-electron chi connectivity index (χ4n) is 4.30. The Hall–Kier alpha value is -4.11. The van der Waals surface area contributed by atoms with E-state index in [4.69, 9.17) is 4.98 Å². The van der Waals surface area contributed by atoms with Crippen LogP contribution in [0.3, 0.4) is 0 Å². The molecule has 0 spiro atoms. The summed E-state index contributed by atoms with van der Waals surface area (Å²) in [6.07, 6.45) is 11.5. The van der Waals surface area contributed by atoms with Crippen LogP contribution in [0.15, 0.2) is 67.4 Å². The maximum atomic E-state index is 9.31. The predicted molar refractivity (Wildman–Crippen MR) is 132 cm³/mol. The maximum absolute atomic E-state index is 9.31. The second-order valence-corrected chi connectivity index (χ2v) is 8.44. The largest absolute Gasteiger partial charge is 0.382 e. The van der Waals surface area contributed by atoms with E-state index >= 15 is 0 Å². The average molecular weight is 435 g/mol. The maximum Gasteiger partial charge on any atom is 0.160 e. The molecule has 1 atom stereocenters. The number of imidazole rings is 1. The summed E-state index contributed by atoms with van der Waals surface area (Å²) in [6.45, 7) is 5.19. The highest BCUT2D eigenvalue weighted by Gasteiger charge is 2.15. The lowest BCUT2D eigenvalue weighted by Gasteiger charge is -2.14. The highest BCUT2D eigenvalue weighted by Crippen LogP contribution is 2.30. The summed E-state index contributed by atoms with van der Waals surface area (Å²) in [5, 5.41) is 14.2. The molecule has 2 N–H and O–H groups in total. The summed E-state index contributed by atoms with van der Waals surface area (Å²) in [4.78, 5) is 12.4. The summed E-state index contributed by atoms with van der Waals surface area (Å²) in [7, 11) is 0. The number of nitrogens with one attached hydrogen (secondary N) is 2. The highest BCUT2D eigenvalue weighted by molar-refractivity contribution is 5.83. The first-order chi connectivity index (χ1) is 16.2. The molecule has 6 nitrogen and oxygen atoms in total. The number of pyridine rings is 2. The fraction of sp³-hybridized carbons (Fsp3) is 0.222. The number of anilines is 1. The van der Waals surface area contributed by atoms with E-state index in [1.165, 1.54) is 16.6 Å². The van der Waals surface area contributed by atoms with Crippen molar-refractivity contribution in [3.8, 4) is 17.2 Å². The third kappa shape index (κ3) is 3.94. The number of benzene rings is 1. The molecule has 0 radical (unpaired) electrons. The first-order valence-corrected chi connectivity index (χ1v) is 11.3. The van der Waals surface area contributed by atoms with Gasteiger partial charge in [-0.1, -0.05) is 32.0 Å². The molecular weight excluding hydrogens is 408 g/mol. The van der Waals surface area contributed by atoms with Gasteiger partial charge < -0.3 is 14.7 Å². The molecule has 1 aromatic carbocycles. The normalized spacial score (nSPS) is 12.2. The van der Waals surface area contributed by atoms with E-state index in [0.717, 1.165) is 47.4 Å². The number of fused-ring (bicyclic) bond motifs is 2. The first kappa shape index (κ1) is 20.8. The zero-order valence-corrected chi connectivity index (χ0v) is 18.8. The molecule has 1 unspecified atom stereocenters. The molecule has 0 bridgehead atoms. The number of rotatable bonds is 7. The Balaban J connectivity index is 1.51. The van der Waals surface area contributed by atoms with Gasteiger partial charge in [-0.25, -0.2) is 4.98 Å². The van der Waals surface area contributed by atoms with Gasteiger partial charge in [-0.05, 0) is 42.5 Å². The second kappa shape index (κ2) is 8.79. The molecule has 0 aliphatic carbocycles. The van der Waals surface area contributed by atoms with Gasteiger partial charge in [0.05, 0.1) is 11.3 Å². The molecule has 0 amide bonds. The van der Waals surface area contributed by atoms with E-state index in [0.29, 0.717) is 11.5 Å². The van der Waals surface area contributed by atoms with Gasteiger partial charge in [0.25, 0.3) is 0 Å². The van der Waals surface area contributed by atoms with Gasteiger partial charge in [0, 0.05) is 65.3 Å². The Kier molecular flexibility index (Phi) is 5.54. The predicted octanol–water partition coefficient (Wildman–Crippen LogP) is 5.92. The van der Waals surface area contributed by atoms with E-state index in [-0.39, 0.29) is 0 Å². The van der Waals surface area contributed by atoms with Crippen molar-refractivity contribution in [1.82, 2.24) is 19.4 Å². The van der Waals surface area contributed by atoms with E-state index < -0.39 is 0 Å². The minimum Gasteiger partial charge on any atom is -0.382 e. The van der Waals surface area contributed by atoms with Gasteiger partial charge in [-0.15, -0.1) is 0 Å². The molecule has 0 aliphatic rings. The van der Waals surface area contributed by atoms with Crippen LogP contribution in [-0.4, -0.2) is 25.9 Å². The van der Waals surface area contributed by atoms with Crippen LogP contribution in [0.5, 0.6) is 0 Å². The number of hydrogen-bond acceptors (Lipinski definition) is 4. The molecule has 4 aromatic heterocycles. The van der Waals surface area contributed by atoms with Gasteiger partial charge in [0.2, 0.25) is 0 Å². The molecule has 0 saturated carbocycles. The lowest BCUT2D eigenvalue weighted by Crippen LogP contribution is -2.07. The van der Waals surface area contributed by atoms with E-state index in [9.17, 15) is 5.26 Å². The van der Waals surface area contributed by atoms with Crippen LogP contribution in [-0.2, 0) is 6.42 Å². The fourth-order valence-corrected chi connectivity index (χ4v) is 4.30. The molecule has 33 heavy (non-hydrogen) atoms. The smallest absolute Gasteiger partial charge is 0.160 e. The van der Waals surface area contributed by atoms with Crippen LogP contribution < -0.4 is 5.32 Å². The summed E-state index contributed by atoms with van der Waals surface area (Å²) >= 11 is 0. The number of hydrogen-bond donors (Lipinski definition) is 2. The summed E-state index contributed by atoms with van der Waals surface area (Å²) in [5.41, 5.74) is 7.99. The quantitative estimate of drug-likeness (QED) is 0.333. The molecule has 0 aliphatic heterocycles. The minimum atomic E-state index is 0.387. The highest BCUT2D eigenvalue weighted by atomic mass is 15.0. The van der Waals surface area contributed by atoms with Crippen molar-refractivity contribution in [3.63, 3.8) is 0 Å². The van der Waals surface area contributed by atoms with Crippen molar-refractivity contribution in [3.05, 3.63) is 84.2 Å². The van der Waals surface area contributed by atoms with Crippen LogP contribution in [0, 0.1) is 11.3 Å². The minimum absolute atomic E-state index is 0.387.